The lowest BCUT2D eigenvalue weighted by Crippen LogP contribution is -2.16. The minimum Gasteiger partial charge on any atom is -0.496 e. The molecule has 2 aromatic carbocycles. The molecule has 0 bridgehead atoms. The topological polar surface area (TPSA) is 118 Å². The van der Waals surface area contributed by atoms with Crippen molar-refractivity contribution in [3.05, 3.63) is 72.2 Å². The number of nitrogens with zero attached hydrogens (tertiary/aromatic N) is 2. The van der Waals surface area contributed by atoms with E-state index in [0.717, 1.165) is 0 Å². The molecule has 0 aliphatic heterocycles. The predicted octanol–water partition coefficient (Wildman–Crippen LogP) is 4.40. The second kappa shape index (κ2) is 13.0. The zero-order valence-corrected chi connectivity index (χ0v) is 20.5. The van der Waals surface area contributed by atoms with Crippen LogP contribution in [0.4, 0.5) is 14.5 Å². The molecule has 4 aromatic rings. The fraction of sp³-hybridized carbons (Fsp3) is 0.192. The number of nitrogen functional groups attached to an aromatic ring is 1. The first-order chi connectivity index (χ1) is 17.9. The Morgan fingerprint density at radius 2 is 1.70 bits per heavy atom. The van der Waals surface area contributed by atoms with Gasteiger partial charge in [-0.15, -0.1) is 0 Å². The number of halogens is 2. The summed E-state index contributed by atoms with van der Waals surface area (Å²) in [5.74, 6) is -0.728. The lowest BCUT2D eigenvalue weighted by molar-refractivity contribution is 0.112. The molecule has 4 rings (SSSR count). The molecule has 0 aliphatic rings. The molecule has 0 spiro atoms. The molecule has 0 radical (unpaired) electrons. The SMILES string of the molecule is CNCCOc1cc2nccc(Oc3ccc(N)c(F)c3F)c2cc1OC.COc1ccncc1C=O. The number of fused-ring (bicyclic) bond motifs is 1. The summed E-state index contributed by atoms with van der Waals surface area (Å²) in [6.45, 7) is 1.12. The number of pyridine rings is 2. The Hall–Kier alpha value is -4.51. The third-order valence-electron chi connectivity index (χ3n) is 5.05. The Morgan fingerprint density at radius 1 is 0.946 bits per heavy atom. The molecule has 37 heavy (non-hydrogen) atoms. The molecule has 11 heteroatoms. The van der Waals surface area contributed by atoms with Gasteiger partial charge in [0.15, 0.2) is 29.4 Å². The zero-order valence-electron chi connectivity index (χ0n) is 20.5. The summed E-state index contributed by atoms with van der Waals surface area (Å²) in [4.78, 5) is 18.3. The van der Waals surface area contributed by atoms with Gasteiger partial charge < -0.3 is 30.0 Å². The van der Waals surface area contributed by atoms with Crippen molar-refractivity contribution in [3.63, 3.8) is 0 Å². The van der Waals surface area contributed by atoms with E-state index in [4.69, 9.17) is 24.7 Å². The van der Waals surface area contributed by atoms with Crippen LogP contribution in [0.1, 0.15) is 10.4 Å². The number of ether oxygens (including phenoxy) is 4. The van der Waals surface area contributed by atoms with Gasteiger partial charge in [-0.05, 0) is 37.4 Å². The highest BCUT2D eigenvalue weighted by atomic mass is 19.2. The van der Waals surface area contributed by atoms with Crippen LogP contribution in [0, 0.1) is 11.6 Å². The molecule has 9 nitrogen and oxygen atoms in total. The Labute approximate surface area is 212 Å². The first-order valence-corrected chi connectivity index (χ1v) is 11.0. The number of aldehydes is 1. The molecule has 0 unspecified atom stereocenters. The second-order valence-electron chi connectivity index (χ2n) is 7.40. The van der Waals surface area contributed by atoms with Gasteiger partial charge in [0, 0.05) is 36.6 Å². The van der Waals surface area contributed by atoms with Crippen LogP contribution in [0.25, 0.3) is 10.9 Å². The Morgan fingerprint density at radius 3 is 2.38 bits per heavy atom. The van der Waals surface area contributed by atoms with Crippen LogP contribution in [0.3, 0.4) is 0 Å². The molecule has 3 N–H and O–H groups in total. The zero-order chi connectivity index (χ0) is 26.8. The van der Waals surface area contributed by atoms with Gasteiger partial charge in [0.2, 0.25) is 5.82 Å². The maximum atomic E-state index is 14.1. The summed E-state index contributed by atoms with van der Waals surface area (Å²) in [6, 6.07) is 9.09. The quantitative estimate of drug-likeness (QED) is 0.191. The number of hydrogen-bond donors (Lipinski definition) is 2. The summed E-state index contributed by atoms with van der Waals surface area (Å²) < 4.78 is 49.3. The van der Waals surface area contributed by atoms with E-state index >= 15 is 0 Å². The van der Waals surface area contributed by atoms with Crippen LogP contribution in [-0.2, 0) is 0 Å². The molecule has 0 fully saturated rings. The minimum atomic E-state index is -1.15. The maximum absolute atomic E-state index is 14.1. The Balaban J connectivity index is 0.000000319. The van der Waals surface area contributed by atoms with E-state index < -0.39 is 11.6 Å². The predicted molar refractivity (Wildman–Crippen MR) is 135 cm³/mol. The summed E-state index contributed by atoms with van der Waals surface area (Å²) >= 11 is 0. The van der Waals surface area contributed by atoms with E-state index in [1.54, 1.807) is 30.5 Å². The number of methoxy groups -OCH3 is 2. The number of carbonyl (C=O) groups excluding carboxylic acids is 1. The van der Waals surface area contributed by atoms with E-state index in [0.29, 0.717) is 58.9 Å². The van der Waals surface area contributed by atoms with Crippen molar-refractivity contribution < 1.29 is 32.5 Å². The number of hydrogen-bond acceptors (Lipinski definition) is 9. The number of carbonyl (C=O) groups is 1. The molecular weight excluding hydrogens is 486 g/mol. The number of benzene rings is 2. The average Bonchev–Trinajstić information content (AvgIpc) is 2.93. The van der Waals surface area contributed by atoms with E-state index in [9.17, 15) is 13.6 Å². The highest BCUT2D eigenvalue weighted by Gasteiger charge is 2.16. The second-order valence-corrected chi connectivity index (χ2v) is 7.40. The third-order valence-corrected chi connectivity index (χ3v) is 5.05. The standard InChI is InChI=1S/C19H19F2N3O3.C7H7NO2/c1-23-7-8-26-17-10-13-11(9-16(17)25-2)14(5-6-24-13)27-15-4-3-12(22)18(20)19(15)21;1-10-7-2-3-8-4-6(7)5-9/h3-6,9-10,23H,7-8,22H2,1-2H3;2-5H,1H3. The van der Waals surface area contributed by atoms with Crippen molar-refractivity contribution in [2.45, 2.75) is 0 Å². The number of nitrogens with two attached hydrogens (primary N) is 1. The van der Waals surface area contributed by atoms with E-state index in [1.807, 2.05) is 7.05 Å². The molecular formula is C26H26F2N4O5. The Kier molecular flexibility index (Phi) is 9.50. The van der Waals surface area contributed by atoms with Crippen LogP contribution in [-0.4, -0.2) is 50.7 Å². The van der Waals surface area contributed by atoms with Gasteiger partial charge >= 0.3 is 0 Å². The molecule has 0 saturated carbocycles. The van der Waals surface area contributed by atoms with E-state index in [1.165, 1.54) is 38.7 Å². The molecule has 0 saturated heterocycles. The smallest absolute Gasteiger partial charge is 0.203 e. The van der Waals surface area contributed by atoms with Crippen molar-refractivity contribution in [1.82, 2.24) is 15.3 Å². The summed E-state index contributed by atoms with van der Waals surface area (Å²) in [5, 5.41) is 3.55. The van der Waals surface area contributed by atoms with Crippen LogP contribution < -0.4 is 30.0 Å². The van der Waals surface area contributed by atoms with E-state index in [2.05, 4.69) is 15.3 Å². The molecule has 0 aliphatic carbocycles. The monoisotopic (exact) mass is 512 g/mol. The number of rotatable bonds is 9. The first kappa shape index (κ1) is 27.1. The Bertz CT molecular complexity index is 1370. The summed E-state index contributed by atoms with van der Waals surface area (Å²) in [5.41, 5.74) is 6.11. The third kappa shape index (κ3) is 6.58. The van der Waals surface area contributed by atoms with Crippen molar-refractivity contribution in [2.75, 3.05) is 40.2 Å². The number of likely N-dealkylation sites (N-methyl/N-ethyl adjacent to an activating group) is 1. The lowest BCUT2D eigenvalue weighted by atomic mass is 10.1. The normalized spacial score (nSPS) is 10.3. The van der Waals surface area contributed by atoms with Gasteiger partial charge in [0.25, 0.3) is 0 Å². The average molecular weight is 513 g/mol. The fourth-order valence-corrected chi connectivity index (χ4v) is 3.17. The van der Waals surface area contributed by atoms with Crippen LogP contribution in [0.2, 0.25) is 0 Å². The van der Waals surface area contributed by atoms with Crippen molar-refractivity contribution in [2.24, 2.45) is 0 Å². The molecule has 0 amide bonds. The minimum absolute atomic E-state index is 0.275. The van der Waals surface area contributed by atoms with Crippen LogP contribution in [0.15, 0.2) is 55.0 Å². The van der Waals surface area contributed by atoms with Gasteiger partial charge in [-0.3, -0.25) is 14.8 Å². The number of nitrogens with one attached hydrogen (secondary N) is 1. The largest absolute Gasteiger partial charge is 0.496 e. The molecule has 2 aromatic heterocycles. The van der Waals surface area contributed by atoms with Gasteiger partial charge in [0.05, 0.1) is 31.0 Å². The highest BCUT2D eigenvalue weighted by Crippen LogP contribution is 2.38. The van der Waals surface area contributed by atoms with E-state index in [-0.39, 0.29) is 11.4 Å². The summed E-state index contributed by atoms with van der Waals surface area (Å²) in [7, 11) is 4.85. The van der Waals surface area contributed by atoms with Gasteiger partial charge in [-0.25, -0.2) is 4.39 Å². The fourth-order valence-electron chi connectivity index (χ4n) is 3.17. The summed E-state index contributed by atoms with van der Waals surface area (Å²) in [6.07, 6.45) is 5.26. The van der Waals surface area contributed by atoms with Gasteiger partial charge in [-0.2, -0.15) is 4.39 Å². The van der Waals surface area contributed by atoms with Crippen molar-refractivity contribution in [1.29, 1.82) is 0 Å². The first-order valence-electron chi connectivity index (χ1n) is 11.0. The molecule has 2 heterocycles. The van der Waals surface area contributed by atoms with Crippen LogP contribution in [0.5, 0.6) is 28.7 Å². The van der Waals surface area contributed by atoms with Crippen molar-refractivity contribution in [3.8, 4) is 28.7 Å². The van der Waals surface area contributed by atoms with Crippen LogP contribution >= 0.6 is 0 Å². The highest BCUT2D eigenvalue weighted by molar-refractivity contribution is 5.88. The molecule has 0 atom stereocenters. The number of anilines is 1. The van der Waals surface area contributed by atoms with Crippen molar-refractivity contribution >= 4 is 22.9 Å². The van der Waals surface area contributed by atoms with Gasteiger partial charge in [-0.1, -0.05) is 0 Å². The lowest BCUT2D eigenvalue weighted by Gasteiger charge is -2.14. The van der Waals surface area contributed by atoms with Gasteiger partial charge in [0.1, 0.15) is 18.1 Å². The number of aromatic nitrogens is 2. The molecule has 194 valence electrons. The maximum Gasteiger partial charge on any atom is 0.203 e.